The lowest BCUT2D eigenvalue weighted by molar-refractivity contribution is -0.167. The van der Waals surface area contributed by atoms with Crippen LogP contribution in [0.1, 0.15) is 37.0 Å². The van der Waals surface area contributed by atoms with E-state index >= 15 is 0 Å². The lowest BCUT2D eigenvalue weighted by atomic mass is 9.82. The smallest absolute Gasteiger partial charge is 0.345 e. The zero-order chi connectivity index (χ0) is 15.2. The molecule has 0 aliphatic rings. The Labute approximate surface area is 117 Å². The van der Waals surface area contributed by atoms with Crippen molar-refractivity contribution in [3.05, 3.63) is 35.9 Å². The number of carbonyl (C=O) groups excluding carboxylic acids is 3. The highest BCUT2D eigenvalue weighted by atomic mass is 16.6. The number of ether oxygens (including phenoxy) is 2. The fourth-order valence-electron chi connectivity index (χ4n) is 1.92. The van der Waals surface area contributed by atoms with Gasteiger partial charge in [-0.3, -0.25) is 9.59 Å². The van der Waals surface area contributed by atoms with Gasteiger partial charge in [0.25, 0.3) is 0 Å². The molecular weight excluding hydrogens is 260 g/mol. The molecule has 1 rings (SSSR count). The maximum absolute atomic E-state index is 12.2. The molecule has 20 heavy (non-hydrogen) atoms. The first kappa shape index (κ1) is 15.9. The Kier molecular flexibility index (Phi) is 5.43. The van der Waals surface area contributed by atoms with Crippen LogP contribution in [0.4, 0.5) is 0 Å². The van der Waals surface area contributed by atoms with Crippen LogP contribution >= 0.6 is 0 Å². The van der Waals surface area contributed by atoms with Crippen molar-refractivity contribution < 1.29 is 23.9 Å². The van der Waals surface area contributed by atoms with E-state index in [9.17, 15) is 14.4 Å². The molecule has 0 saturated carbocycles. The fraction of sp³-hybridized carbons (Fsp3) is 0.400. The molecule has 1 aromatic rings. The first-order valence-electron chi connectivity index (χ1n) is 6.41. The zero-order valence-corrected chi connectivity index (χ0v) is 11.8. The van der Waals surface area contributed by atoms with Crippen LogP contribution in [0.25, 0.3) is 0 Å². The van der Waals surface area contributed by atoms with E-state index in [2.05, 4.69) is 4.74 Å². The predicted octanol–water partition coefficient (Wildman–Crippen LogP) is 2.35. The Balaban J connectivity index is 2.93. The minimum atomic E-state index is -1.43. The minimum Gasteiger partial charge on any atom is -0.468 e. The number of hydrogen-bond donors (Lipinski definition) is 0. The molecule has 5 heteroatoms. The topological polar surface area (TPSA) is 69.7 Å². The van der Waals surface area contributed by atoms with Gasteiger partial charge in [-0.25, -0.2) is 4.79 Å². The molecule has 0 aliphatic heterocycles. The van der Waals surface area contributed by atoms with Crippen LogP contribution in [-0.2, 0) is 19.1 Å². The average Bonchev–Trinajstić information content (AvgIpc) is 2.49. The Morgan fingerprint density at radius 2 is 1.55 bits per heavy atom. The first-order valence-corrected chi connectivity index (χ1v) is 6.41. The monoisotopic (exact) mass is 278 g/mol. The van der Waals surface area contributed by atoms with Crippen molar-refractivity contribution in [1.82, 2.24) is 0 Å². The van der Waals surface area contributed by atoms with E-state index in [4.69, 9.17) is 4.74 Å². The summed E-state index contributed by atoms with van der Waals surface area (Å²) in [5, 5.41) is 0. The summed E-state index contributed by atoms with van der Waals surface area (Å²) in [7, 11) is 1.20. The quantitative estimate of drug-likeness (QED) is 0.610. The van der Waals surface area contributed by atoms with Crippen molar-refractivity contribution in [2.24, 2.45) is 5.41 Å². The van der Waals surface area contributed by atoms with Crippen LogP contribution in [0.3, 0.4) is 0 Å². The predicted molar refractivity (Wildman–Crippen MR) is 71.9 cm³/mol. The molecular formula is C15H18O5. The van der Waals surface area contributed by atoms with Gasteiger partial charge in [-0.1, -0.05) is 32.0 Å². The van der Waals surface area contributed by atoms with Gasteiger partial charge in [0.1, 0.15) is 0 Å². The molecule has 108 valence electrons. The second-order valence-electron chi connectivity index (χ2n) is 4.32. The Morgan fingerprint density at radius 1 is 1.00 bits per heavy atom. The van der Waals surface area contributed by atoms with Gasteiger partial charge >= 0.3 is 17.9 Å². The summed E-state index contributed by atoms with van der Waals surface area (Å²) in [6, 6.07) is 8.14. The molecule has 0 spiro atoms. The van der Waals surface area contributed by atoms with Crippen LogP contribution in [0, 0.1) is 5.41 Å². The Morgan fingerprint density at radius 3 is 2.00 bits per heavy atom. The van der Waals surface area contributed by atoms with Crippen LogP contribution < -0.4 is 0 Å². The molecule has 0 saturated heterocycles. The third-order valence-electron chi connectivity index (χ3n) is 3.37. The van der Waals surface area contributed by atoms with Crippen molar-refractivity contribution in [3.8, 4) is 0 Å². The Hall–Kier alpha value is -2.17. The maximum Gasteiger partial charge on any atom is 0.345 e. The van der Waals surface area contributed by atoms with Crippen LogP contribution in [0.15, 0.2) is 30.3 Å². The molecule has 0 amide bonds. The van der Waals surface area contributed by atoms with Crippen LogP contribution in [-0.4, -0.2) is 25.0 Å². The number of carbonyl (C=O) groups is 3. The van der Waals surface area contributed by atoms with Crippen molar-refractivity contribution in [2.45, 2.75) is 26.7 Å². The van der Waals surface area contributed by atoms with Gasteiger partial charge in [-0.15, -0.1) is 0 Å². The van der Waals surface area contributed by atoms with Crippen molar-refractivity contribution in [1.29, 1.82) is 0 Å². The summed E-state index contributed by atoms with van der Waals surface area (Å²) >= 11 is 0. The van der Waals surface area contributed by atoms with Gasteiger partial charge in [0.05, 0.1) is 12.7 Å². The molecule has 5 nitrogen and oxygen atoms in total. The van der Waals surface area contributed by atoms with E-state index in [1.54, 1.807) is 32.0 Å². The van der Waals surface area contributed by atoms with Crippen LogP contribution in [0.2, 0.25) is 0 Å². The second kappa shape index (κ2) is 6.84. The highest BCUT2D eigenvalue weighted by Gasteiger charge is 2.46. The van der Waals surface area contributed by atoms with E-state index in [0.29, 0.717) is 0 Å². The maximum atomic E-state index is 12.2. The summed E-state index contributed by atoms with van der Waals surface area (Å²) in [5.74, 6) is -2.33. The Bertz CT molecular complexity index is 488. The van der Waals surface area contributed by atoms with Gasteiger partial charge in [0.15, 0.2) is 5.41 Å². The molecule has 0 unspecified atom stereocenters. The lowest BCUT2D eigenvalue weighted by Gasteiger charge is -2.25. The molecule has 0 fully saturated rings. The van der Waals surface area contributed by atoms with Gasteiger partial charge in [-0.05, 0) is 25.0 Å². The van der Waals surface area contributed by atoms with E-state index in [0.717, 1.165) is 0 Å². The summed E-state index contributed by atoms with van der Waals surface area (Å²) in [5.41, 5.74) is -1.18. The molecule has 0 N–H and O–H groups in total. The molecule has 0 atom stereocenters. The average molecular weight is 278 g/mol. The zero-order valence-electron chi connectivity index (χ0n) is 11.8. The fourth-order valence-corrected chi connectivity index (χ4v) is 1.92. The minimum absolute atomic E-state index is 0.205. The number of rotatable bonds is 5. The number of hydrogen-bond acceptors (Lipinski definition) is 5. The van der Waals surface area contributed by atoms with Gasteiger partial charge in [0, 0.05) is 0 Å². The van der Waals surface area contributed by atoms with E-state index < -0.39 is 23.3 Å². The van der Waals surface area contributed by atoms with Crippen LogP contribution in [0.5, 0.6) is 0 Å². The summed E-state index contributed by atoms with van der Waals surface area (Å²) < 4.78 is 9.48. The van der Waals surface area contributed by atoms with Crippen molar-refractivity contribution >= 4 is 17.9 Å². The van der Waals surface area contributed by atoms with Gasteiger partial charge in [-0.2, -0.15) is 0 Å². The largest absolute Gasteiger partial charge is 0.468 e. The summed E-state index contributed by atoms with van der Waals surface area (Å²) in [6.45, 7) is 3.35. The van der Waals surface area contributed by atoms with Gasteiger partial charge < -0.3 is 9.47 Å². The molecule has 1 aromatic carbocycles. The summed E-state index contributed by atoms with van der Waals surface area (Å²) in [6.07, 6.45) is 0.411. The molecule has 0 heterocycles. The molecule has 0 aliphatic carbocycles. The molecule has 0 radical (unpaired) electrons. The number of benzene rings is 1. The first-order chi connectivity index (χ1) is 9.51. The highest BCUT2D eigenvalue weighted by molar-refractivity contribution is 6.06. The third-order valence-corrected chi connectivity index (χ3v) is 3.37. The SMILES string of the molecule is CCC(CC)(C(=O)OC)C(=O)OC(=O)c1ccccc1. The van der Waals surface area contributed by atoms with E-state index in [1.165, 1.54) is 19.2 Å². The number of methoxy groups -OCH3 is 1. The second-order valence-corrected chi connectivity index (χ2v) is 4.32. The summed E-state index contributed by atoms with van der Waals surface area (Å²) in [4.78, 5) is 35.8. The van der Waals surface area contributed by atoms with E-state index in [-0.39, 0.29) is 18.4 Å². The van der Waals surface area contributed by atoms with Crippen molar-refractivity contribution in [3.63, 3.8) is 0 Å². The molecule has 0 bridgehead atoms. The third kappa shape index (κ3) is 3.04. The standard InChI is InChI=1S/C15H18O5/c1-4-15(5-2,13(17)19-3)14(18)20-12(16)11-9-7-6-8-10-11/h6-10H,4-5H2,1-3H3. The molecule has 0 aromatic heterocycles. The highest BCUT2D eigenvalue weighted by Crippen LogP contribution is 2.30. The van der Waals surface area contributed by atoms with Crippen molar-refractivity contribution in [2.75, 3.05) is 7.11 Å². The van der Waals surface area contributed by atoms with E-state index in [1.807, 2.05) is 0 Å². The van der Waals surface area contributed by atoms with Gasteiger partial charge in [0.2, 0.25) is 0 Å². The number of esters is 3. The normalized spacial score (nSPS) is 10.8. The lowest BCUT2D eigenvalue weighted by Crippen LogP contribution is -2.41.